The predicted molar refractivity (Wildman–Crippen MR) is 41.8 cm³/mol. The quantitative estimate of drug-likeness (QED) is 0.552. The molecule has 0 rings (SSSR count). The molecule has 9 heteroatoms. The van der Waals surface area contributed by atoms with Crippen molar-refractivity contribution in [1.82, 2.24) is 0 Å². The van der Waals surface area contributed by atoms with E-state index < -0.39 is 30.3 Å². The largest absolute Gasteiger partial charge is 0.509 e. The minimum Gasteiger partial charge on any atom is -0.479 e. The molecule has 0 aromatic rings. The first-order chi connectivity index (χ1) is 6.34. The number of carboxylic acid groups (broad SMARTS) is 2. The molecule has 0 saturated carbocycles. The Balaban J connectivity index is -0.000000845. The van der Waals surface area contributed by atoms with Crippen LogP contribution in [0.5, 0.6) is 0 Å². The van der Waals surface area contributed by atoms with E-state index in [9.17, 15) is 14.4 Å². The van der Waals surface area contributed by atoms with E-state index in [1.807, 2.05) is 0 Å². The Labute approximate surface area is 117 Å². The molecule has 0 aromatic carbocycles. The van der Waals surface area contributed by atoms with Crippen LogP contribution in [-0.2, 0) is 58.0 Å². The number of hydrogen-bond donors (Lipinski definition) is 2. The summed E-state index contributed by atoms with van der Waals surface area (Å²) in [5.74, 6) is -2.69. The van der Waals surface area contributed by atoms with E-state index in [1.165, 1.54) is 0 Å². The second kappa shape index (κ2) is 9.67. The number of carbonyl (C=O) groups excluding carboxylic acids is 1. The van der Waals surface area contributed by atoms with Crippen molar-refractivity contribution in [3.8, 4) is 0 Å². The van der Waals surface area contributed by atoms with Crippen LogP contribution in [0.25, 0.3) is 0 Å². The zero-order chi connectivity index (χ0) is 11.3. The third-order valence-electron chi connectivity index (χ3n) is 1.24. The fourth-order valence-electron chi connectivity index (χ4n) is 0.417. The van der Waals surface area contributed by atoms with Crippen LogP contribution < -0.4 is 0 Å². The minimum absolute atomic E-state index is 0. The second-order valence-corrected chi connectivity index (χ2v) is 2.45. The Hall–Kier alpha value is -0.543. The van der Waals surface area contributed by atoms with Crippen molar-refractivity contribution in [2.75, 3.05) is 0 Å². The van der Waals surface area contributed by atoms with E-state index in [4.69, 9.17) is 10.2 Å². The van der Waals surface area contributed by atoms with E-state index in [1.54, 1.807) is 0 Å². The topological polar surface area (TPSA) is 110 Å². The van der Waals surface area contributed by atoms with Gasteiger partial charge in [-0.1, -0.05) is 0 Å². The number of ether oxygens (including phenoxy) is 2. The van der Waals surface area contributed by atoms with Crippen LogP contribution in [0.3, 0.4) is 0 Å². The molecule has 0 radical (unpaired) electrons. The Morgan fingerprint density at radius 1 is 0.875 bits per heavy atom. The maximum atomic E-state index is 10.7. The van der Waals surface area contributed by atoms with Crippen molar-refractivity contribution in [3.63, 3.8) is 0 Å². The summed E-state index contributed by atoms with van der Waals surface area (Å²) in [6.07, 6.45) is -4.07. The summed E-state index contributed by atoms with van der Waals surface area (Å²) < 4.78 is 8.42. The van der Waals surface area contributed by atoms with Crippen LogP contribution in [0.2, 0.25) is 0 Å². The molecule has 2 N–H and O–H groups in total. The van der Waals surface area contributed by atoms with Gasteiger partial charge in [-0.25, -0.2) is 14.4 Å². The summed E-state index contributed by atoms with van der Waals surface area (Å²) in [5.41, 5.74) is 0. The fraction of sp³-hybridized carbons (Fsp3) is 0.571. The number of carboxylic acids is 2. The number of carbonyl (C=O) groups is 3. The van der Waals surface area contributed by atoms with Gasteiger partial charge in [0.25, 0.3) is 0 Å². The average molecular weight is 337 g/mol. The van der Waals surface area contributed by atoms with Gasteiger partial charge in [0.2, 0.25) is 0 Å². The Kier molecular flexibility index (Phi) is 12.6. The molecule has 2 atom stereocenters. The summed E-state index contributed by atoms with van der Waals surface area (Å²) in [6.45, 7) is 2.24. The standard InChI is InChI=1S/C7H10O7.2Zn/c1-3(5(8)9)13-7(12)14-4(2)6(10)11;;/h3-4H,1-2H3,(H,8,9)(H,10,11);;. The molecule has 0 saturated heterocycles. The van der Waals surface area contributed by atoms with Gasteiger partial charge in [-0.2, -0.15) is 0 Å². The number of hydrogen-bond acceptors (Lipinski definition) is 5. The maximum Gasteiger partial charge on any atom is 0.509 e. The van der Waals surface area contributed by atoms with Gasteiger partial charge < -0.3 is 19.7 Å². The molecule has 7 nitrogen and oxygen atoms in total. The first kappa shape index (κ1) is 20.8. The van der Waals surface area contributed by atoms with E-state index in [0.29, 0.717) is 0 Å². The summed E-state index contributed by atoms with van der Waals surface area (Å²) in [5, 5.41) is 16.7. The van der Waals surface area contributed by atoms with Crippen molar-refractivity contribution in [2.45, 2.75) is 26.1 Å². The third kappa shape index (κ3) is 8.74. The van der Waals surface area contributed by atoms with Gasteiger partial charge in [-0.15, -0.1) is 0 Å². The van der Waals surface area contributed by atoms with Crippen LogP contribution in [0.1, 0.15) is 13.8 Å². The molecule has 0 bridgehead atoms. The first-order valence-corrected chi connectivity index (χ1v) is 3.67. The van der Waals surface area contributed by atoms with Gasteiger partial charge in [0, 0.05) is 39.0 Å². The summed E-state index contributed by atoms with van der Waals surface area (Å²) in [7, 11) is 0. The second-order valence-electron chi connectivity index (χ2n) is 2.45. The zero-order valence-corrected chi connectivity index (χ0v) is 14.9. The van der Waals surface area contributed by atoms with Crippen molar-refractivity contribution in [3.05, 3.63) is 0 Å². The van der Waals surface area contributed by atoms with Gasteiger partial charge in [0.15, 0.2) is 12.2 Å². The van der Waals surface area contributed by atoms with Gasteiger partial charge in [-0.3, -0.25) is 0 Å². The smallest absolute Gasteiger partial charge is 0.479 e. The van der Waals surface area contributed by atoms with Crippen molar-refractivity contribution >= 4 is 18.1 Å². The third-order valence-corrected chi connectivity index (χ3v) is 1.24. The Morgan fingerprint density at radius 2 is 1.12 bits per heavy atom. The molecular formula is C7H10O7Zn2. The van der Waals surface area contributed by atoms with E-state index in [0.717, 1.165) is 13.8 Å². The molecule has 0 amide bonds. The van der Waals surface area contributed by atoms with Crippen molar-refractivity contribution in [2.24, 2.45) is 0 Å². The molecule has 0 aliphatic rings. The summed E-state index contributed by atoms with van der Waals surface area (Å²) in [6, 6.07) is 0. The van der Waals surface area contributed by atoms with Crippen LogP contribution >= 0.6 is 0 Å². The molecule has 0 fully saturated rings. The summed E-state index contributed by atoms with van der Waals surface area (Å²) >= 11 is 0. The minimum atomic E-state index is -1.37. The maximum absolute atomic E-state index is 10.7. The molecule has 0 aliphatic heterocycles. The van der Waals surface area contributed by atoms with Gasteiger partial charge in [0.1, 0.15) is 0 Å². The zero-order valence-electron chi connectivity index (χ0n) is 9.00. The molecule has 0 heterocycles. The molecule has 84 valence electrons. The van der Waals surface area contributed by atoms with Crippen molar-refractivity contribution < 1.29 is 73.0 Å². The first-order valence-electron chi connectivity index (χ1n) is 3.67. The van der Waals surface area contributed by atoms with Gasteiger partial charge in [0.05, 0.1) is 0 Å². The van der Waals surface area contributed by atoms with Gasteiger partial charge >= 0.3 is 18.1 Å². The predicted octanol–water partition coefficient (Wildman–Crippen LogP) is 0.0808. The molecule has 0 spiro atoms. The average Bonchev–Trinajstić information content (AvgIpc) is 2.03. The Bertz CT molecular complexity index is 231. The normalized spacial score (nSPS) is 12.1. The molecule has 0 aliphatic carbocycles. The SMILES string of the molecule is CC(OC(=O)OC(C)C(=O)O)C(=O)O.[Zn].[Zn]. The number of rotatable bonds is 4. The Morgan fingerprint density at radius 3 is 1.31 bits per heavy atom. The summed E-state index contributed by atoms with van der Waals surface area (Å²) in [4.78, 5) is 31.1. The number of aliphatic carboxylic acids is 2. The monoisotopic (exact) mass is 334 g/mol. The van der Waals surface area contributed by atoms with Crippen molar-refractivity contribution in [1.29, 1.82) is 0 Å². The molecular weight excluding hydrogens is 327 g/mol. The van der Waals surface area contributed by atoms with Crippen LogP contribution in [0, 0.1) is 0 Å². The van der Waals surface area contributed by atoms with Crippen LogP contribution in [0.4, 0.5) is 4.79 Å². The van der Waals surface area contributed by atoms with Crippen LogP contribution in [0.15, 0.2) is 0 Å². The molecule has 2 unspecified atom stereocenters. The van der Waals surface area contributed by atoms with E-state index in [2.05, 4.69) is 9.47 Å². The molecule has 0 aromatic heterocycles. The fourth-order valence-corrected chi connectivity index (χ4v) is 0.417. The molecule has 16 heavy (non-hydrogen) atoms. The van der Waals surface area contributed by atoms with E-state index in [-0.39, 0.29) is 39.0 Å². The van der Waals surface area contributed by atoms with E-state index >= 15 is 0 Å². The van der Waals surface area contributed by atoms with Crippen LogP contribution in [-0.4, -0.2) is 40.5 Å². The van der Waals surface area contributed by atoms with Gasteiger partial charge in [-0.05, 0) is 13.8 Å².